The summed E-state index contributed by atoms with van der Waals surface area (Å²) in [6, 6.07) is 2.84. The molecule has 16 heavy (non-hydrogen) atoms. The average Bonchev–Trinajstić information content (AvgIpc) is 2.27. The number of alkyl halides is 2. The minimum Gasteiger partial charge on any atom is -0.497 e. The van der Waals surface area contributed by atoms with E-state index in [2.05, 4.69) is 0 Å². The molecule has 0 heterocycles. The quantitative estimate of drug-likeness (QED) is 0.864. The summed E-state index contributed by atoms with van der Waals surface area (Å²) in [5.74, 6) is -2.87. The Morgan fingerprint density at radius 1 is 1.25 bits per heavy atom. The standard InChI is InChI=1S/C11H14F2O3/c1-7-4-8(15-2)5-9(16-3)10(7)11(12,13)6-14/h4-5,14H,6H2,1-3H3. The highest BCUT2D eigenvalue weighted by Crippen LogP contribution is 2.39. The fraction of sp³-hybridized carbons (Fsp3) is 0.455. The van der Waals surface area contributed by atoms with Gasteiger partial charge in [0.1, 0.15) is 18.1 Å². The van der Waals surface area contributed by atoms with Gasteiger partial charge in [-0.2, -0.15) is 8.78 Å². The van der Waals surface area contributed by atoms with Crippen LogP contribution in [0.1, 0.15) is 11.1 Å². The predicted octanol–water partition coefficient (Wildman–Crippen LogP) is 2.10. The van der Waals surface area contributed by atoms with Crippen LogP contribution in [0.5, 0.6) is 11.5 Å². The van der Waals surface area contributed by atoms with Crippen LogP contribution in [-0.2, 0) is 5.92 Å². The van der Waals surface area contributed by atoms with Crippen LogP contribution in [-0.4, -0.2) is 25.9 Å². The van der Waals surface area contributed by atoms with Gasteiger partial charge in [0.2, 0.25) is 0 Å². The Balaban J connectivity index is 3.38. The second-order valence-electron chi connectivity index (χ2n) is 3.38. The number of aliphatic hydroxyl groups is 1. The van der Waals surface area contributed by atoms with Crippen molar-refractivity contribution in [1.29, 1.82) is 0 Å². The summed E-state index contributed by atoms with van der Waals surface area (Å²) in [4.78, 5) is 0. The van der Waals surface area contributed by atoms with Crippen LogP contribution in [0.2, 0.25) is 0 Å². The highest BCUT2D eigenvalue weighted by Gasteiger charge is 2.36. The molecular weight excluding hydrogens is 218 g/mol. The zero-order valence-electron chi connectivity index (χ0n) is 9.38. The predicted molar refractivity (Wildman–Crippen MR) is 55.3 cm³/mol. The first kappa shape index (κ1) is 12.7. The van der Waals surface area contributed by atoms with E-state index in [4.69, 9.17) is 14.6 Å². The first-order valence-electron chi connectivity index (χ1n) is 4.68. The van der Waals surface area contributed by atoms with E-state index in [-0.39, 0.29) is 11.3 Å². The van der Waals surface area contributed by atoms with Crippen molar-refractivity contribution in [1.82, 2.24) is 0 Å². The molecular formula is C11H14F2O3. The van der Waals surface area contributed by atoms with Crippen molar-refractivity contribution in [3.63, 3.8) is 0 Å². The molecule has 3 nitrogen and oxygen atoms in total. The molecule has 1 N–H and O–H groups in total. The number of aliphatic hydroxyl groups excluding tert-OH is 1. The van der Waals surface area contributed by atoms with Crippen molar-refractivity contribution < 1.29 is 23.4 Å². The monoisotopic (exact) mass is 232 g/mol. The molecule has 0 aliphatic carbocycles. The molecule has 1 aromatic carbocycles. The molecule has 0 saturated heterocycles. The SMILES string of the molecule is COc1cc(C)c(C(F)(F)CO)c(OC)c1. The number of methoxy groups -OCH3 is 2. The van der Waals surface area contributed by atoms with Crippen LogP contribution < -0.4 is 9.47 Å². The Kier molecular flexibility index (Phi) is 3.70. The van der Waals surface area contributed by atoms with Crippen LogP contribution in [0.25, 0.3) is 0 Å². The van der Waals surface area contributed by atoms with Crippen molar-refractivity contribution >= 4 is 0 Å². The lowest BCUT2D eigenvalue weighted by molar-refractivity contribution is -0.0576. The Hall–Kier alpha value is -1.36. The lowest BCUT2D eigenvalue weighted by atomic mass is 10.0. The van der Waals surface area contributed by atoms with Crippen molar-refractivity contribution in [2.45, 2.75) is 12.8 Å². The third-order valence-corrected chi connectivity index (χ3v) is 2.29. The molecule has 0 aromatic heterocycles. The van der Waals surface area contributed by atoms with Crippen LogP contribution in [0.15, 0.2) is 12.1 Å². The summed E-state index contributed by atoms with van der Waals surface area (Å²) in [6.07, 6.45) is 0. The van der Waals surface area contributed by atoms with Gasteiger partial charge in [-0.3, -0.25) is 0 Å². The number of hydrogen-bond acceptors (Lipinski definition) is 3. The molecule has 1 aromatic rings. The van der Waals surface area contributed by atoms with Crippen molar-refractivity contribution in [2.24, 2.45) is 0 Å². The zero-order valence-corrected chi connectivity index (χ0v) is 9.38. The van der Waals surface area contributed by atoms with Gasteiger partial charge >= 0.3 is 0 Å². The highest BCUT2D eigenvalue weighted by atomic mass is 19.3. The average molecular weight is 232 g/mol. The minimum atomic E-state index is -3.32. The van der Waals surface area contributed by atoms with E-state index >= 15 is 0 Å². The van der Waals surface area contributed by atoms with Gasteiger partial charge in [-0.15, -0.1) is 0 Å². The largest absolute Gasteiger partial charge is 0.497 e. The van der Waals surface area contributed by atoms with Gasteiger partial charge in [-0.25, -0.2) is 0 Å². The zero-order chi connectivity index (χ0) is 12.3. The highest BCUT2D eigenvalue weighted by molar-refractivity contribution is 5.48. The summed E-state index contributed by atoms with van der Waals surface area (Å²) in [5.41, 5.74) is 0.00792. The molecule has 0 radical (unpaired) electrons. The van der Waals surface area contributed by atoms with E-state index in [0.29, 0.717) is 11.3 Å². The van der Waals surface area contributed by atoms with Gasteiger partial charge in [0.15, 0.2) is 0 Å². The van der Waals surface area contributed by atoms with E-state index in [0.717, 1.165) is 0 Å². The molecule has 0 aliphatic heterocycles. The molecule has 0 aliphatic rings. The second kappa shape index (κ2) is 4.65. The minimum absolute atomic E-state index is 0.0101. The Labute approximate surface area is 92.6 Å². The molecule has 5 heteroatoms. The maximum atomic E-state index is 13.5. The normalized spacial score (nSPS) is 11.4. The summed E-state index contributed by atoms with van der Waals surface area (Å²) in [5, 5.41) is 8.68. The number of hydrogen-bond donors (Lipinski definition) is 1. The Bertz CT molecular complexity index is 378. The molecule has 0 saturated carbocycles. The third kappa shape index (κ3) is 2.24. The molecule has 0 unspecified atom stereocenters. The topological polar surface area (TPSA) is 38.7 Å². The number of aryl methyl sites for hydroxylation is 1. The molecule has 0 bridgehead atoms. The molecule has 0 amide bonds. The third-order valence-electron chi connectivity index (χ3n) is 2.29. The molecule has 0 atom stereocenters. The Morgan fingerprint density at radius 3 is 2.31 bits per heavy atom. The van der Waals surface area contributed by atoms with E-state index in [1.54, 1.807) is 0 Å². The van der Waals surface area contributed by atoms with Gasteiger partial charge in [0.25, 0.3) is 5.92 Å². The van der Waals surface area contributed by atoms with Crippen LogP contribution >= 0.6 is 0 Å². The van der Waals surface area contributed by atoms with Gasteiger partial charge in [0.05, 0.1) is 19.8 Å². The van der Waals surface area contributed by atoms with E-state index in [9.17, 15) is 8.78 Å². The number of benzene rings is 1. The van der Waals surface area contributed by atoms with Crippen molar-refractivity contribution in [3.05, 3.63) is 23.3 Å². The Morgan fingerprint density at radius 2 is 1.88 bits per heavy atom. The van der Waals surface area contributed by atoms with Gasteiger partial charge in [-0.1, -0.05) is 0 Å². The van der Waals surface area contributed by atoms with Gasteiger partial charge in [0, 0.05) is 6.07 Å². The van der Waals surface area contributed by atoms with Crippen LogP contribution in [0.4, 0.5) is 8.78 Å². The lowest BCUT2D eigenvalue weighted by Gasteiger charge is -2.20. The maximum absolute atomic E-state index is 13.5. The van der Waals surface area contributed by atoms with Crippen LogP contribution in [0, 0.1) is 6.92 Å². The molecule has 0 fully saturated rings. The first-order chi connectivity index (χ1) is 7.46. The van der Waals surface area contributed by atoms with E-state index in [1.165, 1.54) is 33.3 Å². The number of halogens is 2. The van der Waals surface area contributed by atoms with Crippen molar-refractivity contribution in [3.8, 4) is 11.5 Å². The molecule has 0 spiro atoms. The summed E-state index contributed by atoms with van der Waals surface area (Å²) in [7, 11) is 2.74. The van der Waals surface area contributed by atoms with Crippen LogP contribution in [0.3, 0.4) is 0 Å². The smallest absolute Gasteiger partial charge is 0.299 e. The second-order valence-corrected chi connectivity index (χ2v) is 3.38. The van der Waals surface area contributed by atoms with Gasteiger partial charge in [-0.05, 0) is 18.6 Å². The fourth-order valence-electron chi connectivity index (χ4n) is 1.55. The van der Waals surface area contributed by atoms with E-state index in [1.807, 2.05) is 0 Å². The number of ether oxygens (including phenoxy) is 2. The maximum Gasteiger partial charge on any atom is 0.299 e. The summed E-state index contributed by atoms with van der Waals surface area (Å²) < 4.78 is 36.8. The fourth-order valence-corrected chi connectivity index (χ4v) is 1.55. The van der Waals surface area contributed by atoms with E-state index < -0.39 is 12.5 Å². The van der Waals surface area contributed by atoms with Crippen molar-refractivity contribution in [2.75, 3.05) is 20.8 Å². The summed E-state index contributed by atoms with van der Waals surface area (Å²) in [6.45, 7) is 0.264. The lowest BCUT2D eigenvalue weighted by Crippen LogP contribution is -2.21. The van der Waals surface area contributed by atoms with Gasteiger partial charge < -0.3 is 14.6 Å². The molecule has 90 valence electrons. The number of rotatable bonds is 4. The molecule has 1 rings (SSSR count). The summed E-state index contributed by atoms with van der Waals surface area (Å²) >= 11 is 0. The first-order valence-corrected chi connectivity index (χ1v) is 4.68.